The van der Waals surface area contributed by atoms with Crippen LogP contribution in [0.15, 0.2) is 42.5 Å². The van der Waals surface area contributed by atoms with E-state index in [9.17, 15) is 27.6 Å². The Morgan fingerprint density at radius 1 is 1.05 bits per heavy atom. The van der Waals surface area contributed by atoms with Crippen LogP contribution in [0.25, 0.3) is 0 Å². The Hall–Kier alpha value is -2.70. The largest absolute Gasteiger partial charge is 0.618 e. The number of carbonyl (C=O) groups excluding carboxylic acids is 1. The molecule has 0 bridgehead atoms. The smallest absolute Gasteiger partial charge is 0.416 e. The Labute approximate surface area is 121 Å². The highest BCUT2D eigenvalue weighted by atomic mass is 19.4. The molecule has 3 rings (SSSR count). The van der Waals surface area contributed by atoms with Crippen molar-refractivity contribution >= 4 is 17.2 Å². The summed E-state index contributed by atoms with van der Waals surface area (Å²) in [6.07, 6.45) is -4.62. The second kappa shape index (κ2) is 4.66. The molecule has 0 spiro atoms. The van der Waals surface area contributed by atoms with Gasteiger partial charge in [0.2, 0.25) is 5.69 Å². The van der Waals surface area contributed by atoms with Crippen LogP contribution in [0.5, 0.6) is 0 Å². The first-order chi connectivity index (χ1) is 10.3. The molecule has 1 heterocycles. The Balaban J connectivity index is 2.18. The first-order valence-electron chi connectivity index (χ1n) is 6.15. The van der Waals surface area contributed by atoms with Gasteiger partial charge in [0.1, 0.15) is 11.4 Å². The molecule has 0 unspecified atom stereocenters. The number of rotatable bonds is 1. The normalized spacial score (nSPS) is 14.5. The van der Waals surface area contributed by atoms with Crippen LogP contribution in [0.3, 0.4) is 0 Å². The van der Waals surface area contributed by atoms with Crippen LogP contribution < -0.4 is 0 Å². The predicted octanol–water partition coefficient (Wildman–Crippen LogP) is 3.67. The third kappa shape index (κ3) is 2.14. The summed E-state index contributed by atoms with van der Waals surface area (Å²) in [5.74, 6) is -1.39. The SMILES string of the molecule is O=C1C(c2cccc(F)c2)=[N+]([O-])c2cc(C(F)(F)F)ccc21. The monoisotopic (exact) mass is 309 g/mol. The van der Waals surface area contributed by atoms with Crippen LogP contribution in [-0.2, 0) is 6.18 Å². The molecule has 0 aliphatic carbocycles. The van der Waals surface area contributed by atoms with Crippen molar-refractivity contribution in [3.8, 4) is 0 Å². The van der Waals surface area contributed by atoms with E-state index in [2.05, 4.69) is 0 Å². The lowest BCUT2D eigenvalue weighted by atomic mass is 10.0. The minimum atomic E-state index is -4.62. The lowest BCUT2D eigenvalue weighted by molar-refractivity contribution is -0.355. The molecule has 7 heteroatoms. The fraction of sp³-hybridized carbons (Fsp3) is 0.0667. The maximum Gasteiger partial charge on any atom is 0.416 e. The minimum absolute atomic E-state index is 0.0183. The number of fused-ring (bicyclic) bond motifs is 1. The number of nitrogens with zero attached hydrogens (tertiary/aromatic N) is 1. The molecule has 0 atom stereocenters. The Morgan fingerprint density at radius 3 is 2.41 bits per heavy atom. The van der Waals surface area contributed by atoms with Crippen molar-refractivity contribution in [2.24, 2.45) is 0 Å². The quantitative estimate of drug-likeness (QED) is 0.458. The van der Waals surface area contributed by atoms with Crippen molar-refractivity contribution in [2.45, 2.75) is 6.18 Å². The van der Waals surface area contributed by atoms with Crippen molar-refractivity contribution in [3.05, 3.63) is 70.2 Å². The summed E-state index contributed by atoms with van der Waals surface area (Å²) in [4.78, 5) is 12.2. The molecule has 0 saturated heterocycles. The summed E-state index contributed by atoms with van der Waals surface area (Å²) in [5.41, 5.74) is -1.93. The van der Waals surface area contributed by atoms with Gasteiger partial charge in [0.05, 0.1) is 11.1 Å². The highest BCUT2D eigenvalue weighted by Crippen LogP contribution is 2.35. The van der Waals surface area contributed by atoms with Crippen molar-refractivity contribution < 1.29 is 27.1 Å². The Morgan fingerprint density at radius 2 is 1.77 bits per heavy atom. The molecule has 0 saturated carbocycles. The van der Waals surface area contributed by atoms with E-state index in [1.54, 1.807) is 0 Å². The van der Waals surface area contributed by atoms with Gasteiger partial charge in [0, 0.05) is 6.07 Å². The van der Waals surface area contributed by atoms with Crippen LogP contribution >= 0.6 is 0 Å². The fourth-order valence-corrected chi connectivity index (χ4v) is 2.29. The van der Waals surface area contributed by atoms with Gasteiger partial charge in [-0.1, -0.05) is 6.07 Å². The molecule has 2 aromatic rings. The molecule has 112 valence electrons. The van der Waals surface area contributed by atoms with Crippen molar-refractivity contribution in [2.75, 3.05) is 0 Å². The summed E-state index contributed by atoms with van der Waals surface area (Å²) in [6.45, 7) is 0. The highest BCUT2D eigenvalue weighted by Gasteiger charge is 2.40. The molecule has 1 aliphatic heterocycles. The van der Waals surface area contributed by atoms with Gasteiger partial charge < -0.3 is 5.21 Å². The number of carbonyl (C=O) groups is 1. The second-order valence-electron chi connectivity index (χ2n) is 4.71. The number of Topliss-reactive ketones (excluding diaryl/α,β-unsaturated/α-hetero) is 1. The van der Waals surface area contributed by atoms with Crippen LogP contribution in [0, 0.1) is 11.0 Å². The lowest BCUT2D eigenvalue weighted by Crippen LogP contribution is -2.16. The standard InChI is InChI=1S/C15H7F4NO2/c16-10-3-1-2-8(6-10)13-14(21)11-5-4-9(15(17,18)19)7-12(11)20(13)22/h1-7H. The number of alkyl halides is 3. The van der Waals surface area contributed by atoms with Crippen LogP contribution in [0.2, 0.25) is 0 Å². The average Bonchev–Trinajstić information content (AvgIpc) is 2.69. The summed E-state index contributed by atoms with van der Waals surface area (Å²) in [6, 6.07) is 7.08. The summed E-state index contributed by atoms with van der Waals surface area (Å²) in [7, 11) is 0. The molecule has 1 aliphatic rings. The molecule has 3 nitrogen and oxygen atoms in total. The third-order valence-corrected chi connectivity index (χ3v) is 3.30. The maximum atomic E-state index is 13.2. The van der Waals surface area contributed by atoms with Crippen LogP contribution in [0.4, 0.5) is 23.2 Å². The van der Waals surface area contributed by atoms with Crippen LogP contribution in [0.1, 0.15) is 21.5 Å². The molecular formula is C15H7F4NO2. The minimum Gasteiger partial charge on any atom is -0.618 e. The molecule has 0 N–H and O–H groups in total. The zero-order chi connectivity index (χ0) is 16.1. The number of hydrogen-bond donors (Lipinski definition) is 0. The van der Waals surface area contributed by atoms with Gasteiger partial charge in [-0.05, 0) is 30.3 Å². The van der Waals surface area contributed by atoms with E-state index in [1.165, 1.54) is 12.1 Å². The van der Waals surface area contributed by atoms with Gasteiger partial charge in [-0.2, -0.15) is 17.9 Å². The molecule has 0 aromatic heterocycles. The van der Waals surface area contributed by atoms with Crippen molar-refractivity contribution in [3.63, 3.8) is 0 Å². The maximum absolute atomic E-state index is 13.2. The van der Waals surface area contributed by atoms with Gasteiger partial charge in [0.25, 0.3) is 11.5 Å². The summed E-state index contributed by atoms with van der Waals surface area (Å²) in [5, 5.41) is 12.2. The second-order valence-corrected chi connectivity index (χ2v) is 4.71. The van der Waals surface area contributed by atoms with E-state index in [4.69, 9.17) is 0 Å². The first-order valence-corrected chi connectivity index (χ1v) is 6.15. The number of halogens is 4. The van der Waals surface area contributed by atoms with Crippen molar-refractivity contribution in [1.29, 1.82) is 0 Å². The van der Waals surface area contributed by atoms with Crippen molar-refractivity contribution in [1.82, 2.24) is 0 Å². The Bertz CT molecular complexity index is 825. The van der Waals surface area contributed by atoms with Gasteiger partial charge in [-0.3, -0.25) is 4.79 Å². The van der Waals surface area contributed by atoms with Gasteiger partial charge in [0.15, 0.2) is 0 Å². The van der Waals surface area contributed by atoms with E-state index in [0.29, 0.717) is 6.07 Å². The summed E-state index contributed by atoms with van der Waals surface area (Å²) >= 11 is 0. The average molecular weight is 309 g/mol. The predicted molar refractivity (Wildman–Crippen MR) is 69.6 cm³/mol. The zero-order valence-corrected chi connectivity index (χ0v) is 10.8. The first kappa shape index (κ1) is 14.2. The molecule has 2 aromatic carbocycles. The topological polar surface area (TPSA) is 43.1 Å². The molecule has 0 amide bonds. The third-order valence-electron chi connectivity index (χ3n) is 3.30. The van der Waals surface area contributed by atoms with E-state index in [0.717, 1.165) is 24.3 Å². The highest BCUT2D eigenvalue weighted by molar-refractivity contribution is 6.52. The van der Waals surface area contributed by atoms with Gasteiger partial charge in [-0.15, -0.1) is 0 Å². The number of benzene rings is 2. The van der Waals surface area contributed by atoms with Gasteiger partial charge >= 0.3 is 6.18 Å². The van der Waals surface area contributed by atoms with E-state index in [-0.39, 0.29) is 21.6 Å². The van der Waals surface area contributed by atoms with E-state index in [1.807, 2.05) is 0 Å². The lowest BCUT2D eigenvalue weighted by Gasteiger charge is -2.07. The fourth-order valence-electron chi connectivity index (χ4n) is 2.29. The molecular weight excluding hydrogens is 302 g/mol. The molecule has 0 radical (unpaired) electrons. The Kier molecular flexibility index (Phi) is 3.01. The molecule has 0 fully saturated rings. The number of hydrogen-bond acceptors (Lipinski definition) is 2. The van der Waals surface area contributed by atoms with Gasteiger partial charge in [-0.25, -0.2) is 4.39 Å². The summed E-state index contributed by atoms with van der Waals surface area (Å²) < 4.78 is 51.4. The number of ketones is 1. The van der Waals surface area contributed by atoms with E-state index < -0.39 is 29.1 Å². The van der Waals surface area contributed by atoms with E-state index >= 15 is 0 Å². The zero-order valence-electron chi connectivity index (χ0n) is 10.8. The van der Waals surface area contributed by atoms with Crippen LogP contribution in [-0.4, -0.2) is 16.2 Å². The molecule has 22 heavy (non-hydrogen) atoms.